The predicted molar refractivity (Wildman–Crippen MR) is 75.5 cm³/mol. The number of rotatable bonds is 7. The van der Waals surface area contributed by atoms with Crippen LogP contribution in [0.2, 0.25) is 0 Å². The molecule has 0 bridgehead atoms. The highest BCUT2D eigenvalue weighted by molar-refractivity contribution is 7.89. The van der Waals surface area contributed by atoms with E-state index in [0.717, 1.165) is 22.5 Å². The minimum atomic E-state index is -3.94. The van der Waals surface area contributed by atoms with Gasteiger partial charge in [0.25, 0.3) is 0 Å². The van der Waals surface area contributed by atoms with Crippen LogP contribution in [0, 0.1) is 10.1 Å². The Morgan fingerprint density at radius 2 is 2.00 bits per heavy atom. The average molecular weight is 318 g/mol. The maximum absolute atomic E-state index is 12.5. The van der Waals surface area contributed by atoms with E-state index in [-0.39, 0.29) is 30.5 Å². The summed E-state index contributed by atoms with van der Waals surface area (Å²) in [6.07, 6.45) is 0.261. The maximum Gasteiger partial charge on any atom is 0.312 e. The van der Waals surface area contributed by atoms with Crippen LogP contribution in [0.1, 0.15) is 20.3 Å². The van der Waals surface area contributed by atoms with Crippen molar-refractivity contribution in [2.75, 3.05) is 13.2 Å². The molecule has 1 aromatic rings. The summed E-state index contributed by atoms with van der Waals surface area (Å²) < 4.78 is 26.2. The molecular weight excluding hydrogens is 300 g/mol. The third-order valence-electron chi connectivity index (χ3n) is 2.86. The quantitative estimate of drug-likeness (QED) is 0.573. The maximum atomic E-state index is 12.5. The lowest BCUT2D eigenvalue weighted by atomic mass is 10.3. The second-order valence-electron chi connectivity index (χ2n) is 4.69. The van der Waals surface area contributed by atoms with E-state index in [9.17, 15) is 23.6 Å². The SMILES string of the molecule is CC(C)N(CCCO)S(=O)(=O)c1ccc(O)c([N+](=O)[O-])c1. The van der Waals surface area contributed by atoms with Gasteiger partial charge in [-0.2, -0.15) is 4.31 Å². The molecule has 0 aliphatic rings. The number of sulfonamides is 1. The van der Waals surface area contributed by atoms with Crippen molar-refractivity contribution in [1.82, 2.24) is 4.31 Å². The summed E-state index contributed by atoms with van der Waals surface area (Å²) >= 11 is 0. The van der Waals surface area contributed by atoms with Gasteiger partial charge in [0.05, 0.1) is 9.82 Å². The molecule has 0 heterocycles. The van der Waals surface area contributed by atoms with Crippen LogP contribution >= 0.6 is 0 Å². The Kier molecular flexibility index (Phi) is 5.64. The van der Waals surface area contributed by atoms with E-state index in [1.54, 1.807) is 13.8 Å². The molecule has 1 rings (SSSR count). The van der Waals surface area contributed by atoms with Gasteiger partial charge >= 0.3 is 5.69 Å². The number of nitro benzene ring substituents is 1. The van der Waals surface area contributed by atoms with E-state index in [1.807, 2.05) is 0 Å². The van der Waals surface area contributed by atoms with Crippen molar-refractivity contribution in [3.63, 3.8) is 0 Å². The van der Waals surface area contributed by atoms with Gasteiger partial charge in [-0.15, -0.1) is 0 Å². The lowest BCUT2D eigenvalue weighted by Crippen LogP contribution is -2.38. The second kappa shape index (κ2) is 6.83. The number of nitrogens with zero attached hydrogens (tertiary/aromatic N) is 2. The number of aromatic hydroxyl groups is 1. The van der Waals surface area contributed by atoms with Crippen molar-refractivity contribution in [3.05, 3.63) is 28.3 Å². The topological polar surface area (TPSA) is 121 Å². The highest BCUT2D eigenvalue weighted by Crippen LogP contribution is 2.30. The van der Waals surface area contributed by atoms with Crippen LogP contribution in [0.25, 0.3) is 0 Å². The summed E-state index contributed by atoms with van der Waals surface area (Å²) in [5.74, 6) is -0.592. The molecule has 2 N–H and O–H groups in total. The van der Waals surface area contributed by atoms with Gasteiger partial charge < -0.3 is 10.2 Å². The number of hydrogen-bond acceptors (Lipinski definition) is 6. The van der Waals surface area contributed by atoms with Crippen molar-refractivity contribution in [1.29, 1.82) is 0 Å². The van der Waals surface area contributed by atoms with E-state index >= 15 is 0 Å². The monoisotopic (exact) mass is 318 g/mol. The summed E-state index contributed by atoms with van der Waals surface area (Å²) in [5, 5.41) is 29.0. The molecular formula is C12H18N2O6S. The van der Waals surface area contributed by atoms with Crippen LogP contribution in [-0.4, -0.2) is 47.1 Å². The fourth-order valence-corrected chi connectivity index (χ4v) is 3.52. The lowest BCUT2D eigenvalue weighted by Gasteiger charge is -2.25. The molecule has 1 aromatic carbocycles. The summed E-state index contributed by atoms with van der Waals surface area (Å²) in [6, 6.07) is 2.56. The Balaban J connectivity index is 3.28. The van der Waals surface area contributed by atoms with E-state index in [2.05, 4.69) is 0 Å². The summed E-state index contributed by atoms with van der Waals surface area (Å²) in [6.45, 7) is 3.28. The number of benzene rings is 1. The predicted octanol–water partition coefficient (Wildman–Crippen LogP) is 1.08. The van der Waals surface area contributed by atoms with Gasteiger partial charge in [-0.1, -0.05) is 0 Å². The molecule has 0 saturated heterocycles. The molecule has 0 saturated carbocycles. The van der Waals surface area contributed by atoms with E-state index < -0.39 is 26.4 Å². The highest BCUT2D eigenvalue weighted by Gasteiger charge is 2.29. The van der Waals surface area contributed by atoms with Crippen LogP contribution in [0.3, 0.4) is 0 Å². The number of phenolic OH excluding ortho intramolecular Hbond substituents is 1. The number of nitro groups is 1. The van der Waals surface area contributed by atoms with E-state index in [1.165, 1.54) is 0 Å². The van der Waals surface area contributed by atoms with Gasteiger partial charge in [0, 0.05) is 25.3 Å². The molecule has 0 unspecified atom stereocenters. The molecule has 0 aromatic heterocycles. The molecule has 0 fully saturated rings. The first-order valence-electron chi connectivity index (χ1n) is 6.32. The molecule has 21 heavy (non-hydrogen) atoms. The van der Waals surface area contributed by atoms with E-state index in [4.69, 9.17) is 5.11 Å². The van der Waals surface area contributed by atoms with Crippen molar-refractivity contribution in [2.24, 2.45) is 0 Å². The largest absolute Gasteiger partial charge is 0.502 e. The molecule has 0 radical (unpaired) electrons. The minimum Gasteiger partial charge on any atom is -0.502 e. The Hall–Kier alpha value is -1.71. The van der Waals surface area contributed by atoms with Crippen molar-refractivity contribution >= 4 is 15.7 Å². The first kappa shape index (κ1) is 17.3. The molecule has 0 aliphatic heterocycles. The van der Waals surface area contributed by atoms with Gasteiger partial charge in [-0.05, 0) is 32.4 Å². The van der Waals surface area contributed by atoms with Crippen molar-refractivity contribution in [2.45, 2.75) is 31.2 Å². The van der Waals surface area contributed by atoms with Crippen LogP contribution in [0.4, 0.5) is 5.69 Å². The number of aliphatic hydroxyl groups is 1. The zero-order valence-corrected chi connectivity index (χ0v) is 12.6. The fourth-order valence-electron chi connectivity index (χ4n) is 1.83. The molecule has 8 nitrogen and oxygen atoms in total. The van der Waals surface area contributed by atoms with Crippen molar-refractivity contribution in [3.8, 4) is 5.75 Å². The van der Waals surface area contributed by atoms with Gasteiger partial charge in [-0.25, -0.2) is 8.42 Å². The molecule has 0 amide bonds. The Morgan fingerprint density at radius 1 is 1.38 bits per heavy atom. The first-order valence-corrected chi connectivity index (χ1v) is 7.76. The second-order valence-corrected chi connectivity index (χ2v) is 6.58. The zero-order valence-electron chi connectivity index (χ0n) is 11.8. The van der Waals surface area contributed by atoms with Crippen LogP contribution in [0.15, 0.2) is 23.1 Å². The molecule has 0 atom stereocenters. The average Bonchev–Trinajstić information content (AvgIpc) is 2.38. The molecule has 0 spiro atoms. The van der Waals surface area contributed by atoms with Crippen LogP contribution in [-0.2, 0) is 10.0 Å². The third-order valence-corrected chi connectivity index (χ3v) is 4.93. The molecule has 9 heteroatoms. The first-order chi connectivity index (χ1) is 9.71. The van der Waals surface area contributed by atoms with Crippen LogP contribution in [0.5, 0.6) is 5.75 Å². The summed E-state index contributed by atoms with van der Waals surface area (Å²) in [4.78, 5) is 9.67. The summed E-state index contributed by atoms with van der Waals surface area (Å²) in [5.41, 5.74) is -0.665. The van der Waals surface area contributed by atoms with Gasteiger partial charge in [-0.3, -0.25) is 10.1 Å². The number of phenols is 1. The molecule has 118 valence electrons. The lowest BCUT2D eigenvalue weighted by molar-refractivity contribution is -0.386. The summed E-state index contributed by atoms with van der Waals surface area (Å²) in [7, 11) is -3.94. The van der Waals surface area contributed by atoms with Gasteiger partial charge in [0.1, 0.15) is 0 Å². The number of aliphatic hydroxyl groups excluding tert-OH is 1. The molecule has 0 aliphatic carbocycles. The smallest absolute Gasteiger partial charge is 0.312 e. The van der Waals surface area contributed by atoms with Crippen LogP contribution < -0.4 is 0 Å². The highest BCUT2D eigenvalue weighted by atomic mass is 32.2. The Morgan fingerprint density at radius 3 is 2.48 bits per heavy atom. The zero-order chi connectivity index (χ0) is 16.2. The Bertz CT molecular complexity index is 614. The normalized spacial score (nSPS) is 12.0. The fraction of sp³-hybridized carbons (Fsp3) is 0.500. The van der Waals surface area contributed by atoms with Gasteiger partial charge in [0.2, 0.25) is 10.0 Å². The van der Waals surface area contributed by atoms with Crippen molar-refractivity contribution < 1.29 is 23.6 Å². The standard InChI is InChI=1S/C12H18N2O6S/c1-9(2)13(6-3-7-15)21(19,20)10-4-5-12(16)11(8-10)14(17)18/h4-5,8-9,15-16H,3,6-7H2,1-2H3. The third kappa shape index (κ3) is 3.90. The Labute approximate surface area is 122 Å². The number of hydrogen-bond donors (Lipinski definition) is 2. The van der Waals surface area contributed by atoms with Gasteiger partial charge in [0.15, 0.2) is 5.75 Å². The minimum absolute atomic E-state index is 0.102. The van der Waals surface area contributed by atoms with E-state index in [0.29, 0.717) is 0 Å².